The largest absolute Gasteiger partial charge is 0.393 e. The first-order valence-electron chi connectivity index (χ1n) is 9.05. The number of amides is 1. The predicted octanol–water partition coefficient (Wildman–Crippen LogP) is 2.47. The van der Waals surface area contributed by atoms with E-state index < -0.39 is 11.5 Å². The molecule has 3 N–H and O–H groups in total. The Balaban J connectivity index is 1.66. The molecule has 138 valence electrons. The average Bonchev–Trinajstić information content (AvgIpc) is 2.63. The number of H-pyrrole nitrogens is 1. The normalized spacial score (nSPS) is 20.1. The van der Waals surface area contributed by atoms with Crippen molar-refractivity contribution in [2.24, 2.45) is 5.92 Å². The summed E-state index contributed by atoms with van der Waals surface area (Å²) in [5, 5.41) is 13.7. The van der Waals surface area contributed by atoms with Gasteiger partial charge in [-0.25, -0.2) is 0 Å². The standard InChI is InChI=1S/C21H21N3O3/c1-12-6-7-17(20(26)23-12)21(27)24-19(14-9-16(25)10-14)15-8-13-4-2-3-5-18(13)22-11-15/h2-8,11,14,16,19,25H,9-10H2,1H3,(H,23,26)(H,24,27). The number of benzene rings is 1. The zero-order valence-electron chi connectivity index (χ0n) is 15.0. The van der Waals surface area contributed by atoms with Crippen molar-refractivity contribution in [2.75, 3.05) is 0 Å². The third-order valence-electron chi connectivity index (χ3n) is 5.18. The van der Waals surface area contributed by atoms with Crippen LogP contribution < -0.4 is 10.9 Å². The molecule has 0 radical (unpaired) electrons. The summed E-state index contributed by atoms with van der Waals surface area (Å²) in [6.07, 6.45) is 2.65. The van der Waals surface area contributed by atoms with Gasteiger partial charge in [0.25, 0.3) is 11.5 Å². The van der Waals surface area contributed by atoms with E-state index in [0.29, 0.717) is 18.5 Å². The highest BCUT2D eigenvalue weighted by molar-refractivity contribution is 5.94. The van der Waals surface area contributed by atoms with Gasteiger partial charge in [0.05, 0.1) is 17.7 Å². The number of hydrogen-bond acceptors (Lipinski definition) is 4. The van der Waals surface area contributed by atoms with Gasteiger partial charge < -0.3 is 15.4 Å². The number of pyridine rings is 2. The van der Waals surface area contributed by atoms with Crippen LogP contribution in [0.15, 0.2) is 53.5 Å². The van der Waals surface area contributed by atoms with Gasteiger partial charge >= 0.3 is 0 Å². The van der Waals surface area contributed by atoms with Gasteiger partial charge in [0.1, 0.15) is 5.56 Å². The molecule has 1 aromatic carbocycles. The molecule has 0 bridgehead atoms. The number of nitrogens with one attached hydrogen (secondary N) is 2. The zero-order chi connectivity index (χ0) is 19.0. The number of rotatable bonds is 4. The maximum atomic E-state index is 12.7. The average molecular weight is 363 g/mol. The minimum absolute atomic E-state index is 0.0826. The minimum Gasteiger partial charge on any atom is -0.393 e. The molecule has 2 heterocycles. The summed E-state index contributed by atoms with van der Waals surface area (Å²) in [5.41, 5.74) is 2.14. The van der Waals surface area contributed by atoms with E-state index in [9.17, 15) is 14.7 Å². The van der Waals surface area contributed by atoms with Crippen molar-refractivity contribution in [2.45, 2.75) is 31.9 Å². The third-order valence-corrected chi connectivity index (χ3v) is 5.18. The Bertz CT molecular complexity index is 1050. The molecule has 3 aromatic rings. The second-order valence-electron chi connectivity index (χ2n) is 7.18. The second kappa shape index (κ2) is 6.96. The minimum atomic E-state index is -0.421. The van der Waals surface area contributed by atoms with E-state index in [0.717, 1.165) is 16.5 Å². The van der Waals surface area contributed by atoms with E-state index in [4.69, 9.17) is 0 Å². The molecule has 0 aliphatic heterocycles. The lowest BCUT2D eigenvalue weighted by atomic mass is 9.75. The van der Waals surface area contributed by atoms with Crippen molar-refractivity contribution in [3.63, 3.8) is 0 Å². The van der Waals surface area contributed by atoms with Crippen LogP contribution in [0.4, 0.5) is 0 Å². The molecule has 1 fully saturated rings. The molecule has 1 unspecified atom stereocenters. The second-order valence-corrected chi connectivity index (χ2v) is 7.18. The van der Waals surface area contributed by atoms with Crippen molar-refractivity contribution >= 4 is 16.8 Å². The van der Waals surface area contributed by atoms with E-state index in [2.05, 4.69) is 15.3 Å². The van der Waals surface area contributed by atoms with Gasteiger partial charge in [-0.2, -0.15) is 0 Å². The summed E-state index contributed by atoms with van der Waals surface area (Å²) < 4.78 is 0. The van der Waals surface area contributed by atoms with Crippen LogP contribution in [0.1, 0.15) is 40.5 Å². The van der Waals surface area contributed by atoms with Crippen LogP contribution in [0.5, 0.6) is 0 Å². The quantitative estimate of drug-likeness (QED) is 0.664. The molecule has 6 nitrogen and oxygen atoms in total. The molecule has 1 aliphatic rings. The molecule has 1 atom stereocenters. The van der Waals surface area contributed by atoms with E-state index in [1.165, 1.54) is 6.07 Å². The number of aryl methyl sites for hydroxylation is 1. The Morgan fingerprint density at radius 1 is 1.26 bits per heavy atom. The van der Waals surface area contributed by atoms with Crippen LogP contribution in [-0.4, -0.2) is 27.1 Å². The Labute approximate surface area is 156 Å². The maximum Gasteiger partial charge on any atom is 0.260 e. The molecule has 27 heavy (non-hydrogen) atoms. The topological polar surface area (TPSA) is 95.1 Å². The van der Waals surface area contributed by atoms with E-state index in [-0.39, 0.29) is 23.6 Å². The molecular weight excluding hydrogens is 342 g/mol. The summed E-state index contributed by atoms with van der Waals surface area (Å²) in [6.45, 7) is 1.77. The lowest BCUT2D eigenvalue weighted by molar-refractivity contribution is 0.0235. The number of carbonyl (C=O) groups excluding carboxylic acids is 1. The summed E-state index contributed by atoms with van der Waals surface area (Å²) in [4.78, 5) is 32.0. The number of aliphatic hydroxyl groups excluding tert-OH is 1. The van der Waals surface area contributed by atoms with Crippen LogP contribution >= 0.6 is 0 Å². The smallest absolute Gasteiger partial charge is 0.260 e. The highest BCUT2D eigenvalue weighted by Crippen LogP contribution is 2.38. The molecular formula is C21H21N3O3. The molecule has 4 rings (SSSR count). The lowest BCUT2D eigenvalue weighted by Crippen LogP contribution is -2.42. The van der Waals surface area contributed by atoms with Crippen LogP contribution in [0.2, 0.25) is 0 Å². The molecule has 6 heteroatoms. The number of nitrogens with zero attached hydrogens (tertiary/aromatic N) is 1. The van der Waals surface area contributed by atoms with Crippen molar-refractivity contribution in [1.82, 2.24) is 15.3 Å². The number of para-hydroxylation sites is 1. The van der Waals surface area contributed by atoms with Crippen molar-refractivity contribution in [1.29, 1.82) is 0 Å². The zero-order valence-corrected chi connectivity index (χ0v) is 15.0. The summed E-state index contributed by atoms with van der Waals surface area (Å²) >= 11 is 0. The first kappa shape index (κ1) is 17.4. The SMILES string of the molecule is Cc1ccc(C(=O)NC(c2cnc3ccccc3c2)C2CC(O)C2)c(=O)[nH]1. The third kappa shape index (κ3) is 3.48. The van der Waals surface area contributed by atoms with Gasteiger partial charge in [0, 0.05) is 17.3 Å². The van der Waals surface area contributed by atoms with Crippen molar-refractivity contribution in [3.8, 4) is 0 Å². The Morgan fingerprint density at radius 3 is 2.78 bits per heavy atom. The van der Waals surface area contributed by atoms with Crippen molar-refractivity contribution < 1.29 is 9.90 Å². The number of aromatic nitrogens is 2. The van der Waals surface area contributed by atoms with Gasteiger partial charge in [-0.15, -0.1) is 0 Å². The number of carbonyl (C=O) groups is 1. The van der Waals surface area contributed by atoms with Gasteiger partial charge in [-0.05, 0) is 55.5 Å². The van der Waals surface area contributed by atoms with Gasteiger partial charge in [0.15, 0.2) is 0 Å². The molecule has 0 saturated heterocycles. The molecule has 2 aromatic heterocycles. The first-order chi connectivity index (χ1) is 13.0. The number of aliphatic hydroxyl groups is 1. The fourth-order valence-corrected chi connectivity index (χ4v) is 3.60. The fourth-order valence-electron chi connectivity index (χ4n) is 3.60. The number of aromatic amines is 1. The highest BCUT2D eigenvalue weighted by atomic mass is 16.3. The van der Waals surface area contributed by atoms with Crippen LogP contribution in [0.3, 0.4) is 0 Å². The fraction of sp³-hybridized carbons (Fsp3) is 0.286. The van der Waals surface area contributed by atoms with Crippen molar-refractivity contribution in [3.05, 3.63) is 75.8 Å². The van der Waals surface area contributed by atoms with E-state index >= 15 is 0 Å². The summed E-state index contributed by atoms with van der Waals surface area (Å²) in [7, 11) is 0. The van der Waals surface area contributed by atoms with E-state index in [1.807, 2.05) is 30.3 Å². The maximum absolute atomic E-state index is 12.7. The number of fused-ring (bicyclic) bond motifs is 1. The Kier molecular flexibility index (Phi) is 4.49. The van der Waals surface area contributed by atoms with Crippen LogP contribution in [0.25, 0.3) is 10.9 Å². The Morgan fingerprint density at radius 2 is 2.04 bits per heavy atom. The van der Waals surface area contributed by atoms with Gasteiger partial charge in [-0.1, -0.05) is 18.2 Å². The highest BCUT2D eigenvalue weighted by Gasteiger charge is 2.36. The van der Waals surface area contributed by atoms with Crippen LogP contribution in [0, 0.1) is 12.8 Å². The van der Waals surface area contributed by atoms with E-state index in [1.54, 1.807) is 19.2 Å². The first-order valence-corrected chi connectivity index (χ1v) is 9.05. The summed E-state index contributed by atoms with van der Waals surface area (Å²) in [6, 6.07) is 12.7. The molecule has 1 amide bonds. The monoisotopic (exact) mass is 363 g/mol. The Hall–Kier alpha value is -2.99. The molecule has 1 saturated carbocycles. The summed E-state index contributed by atoms with van der Waals surface area (Å²) in [5.74, 6) is -0.313. The van der Waals surface area contributed by atoms with Gasteiger partial charge in [0.2, 0.25) is 0 Å². The predicted molar refractivity (Wildman–Crippen MR) is 102 cm³/mol. The molecule has 0 spiro atoms. The molecule has 1 aliphatic carbocycles. The van der Waals surface area contributed by atoms with Gasteiger partial charge in [-0.3, -0.25) is 14.6 Å². The lowest BCUT2D eigenvalue weighted by Gasteiger charge is -2.38. The van der Waals surface area contributed by atoms with Crippen LogP contribution in [-0.2, 0) is 0 Å². The number of hydrogen-bond donors (Lipinski definition) is 3.